The predicted octanol–water partition coefficient (Wildman–Crippen LogP) is 5.74. The minimum absolute atomic E-state index is 0.00166. The lowest BCUT2D eigenvalue weighted by molar-refractivity contribution is -0.137. The van der Waals surface area contributed by atoms with Crippen LogP contribution in [0.5, 0.6) is 0 Å². The van der Waals surface area contributed by atoms with E-state index in [0.29, 0.717) is 24.2 Å². The summed E-state index contributed by atoms with van der Waals surface area (Å²) in [5.41, 5.74) is 1.93. The van der Waals surface area contributed by atoms with E-state index in [9.17, 15) is 14.4 Å². The van der Waals surface area contributed by atoms with E-state index < -0.39 is 5.97 Å². The van der Waals surface area contributed by atoms with Gasteiger partial charge >= 0.3 is 5.97 Å². The van der Waals surface area contributed by atoms with Crippen LogP contribution >= 0.6 is 0 Å². The fraction of sp³-hybridized carbons (Fsp3) is 0.560. The monoisotopic (exact) mass is 398 g/mol. The maximum absolute atomic E-state index is 12.5. The van der Waals surface area contributed by atoms with Gasteiger partial charge in [0, 0.05) is 24.3 Å². The molecule has 0 unspecified atom stereocenters. The molecular weight excluding hydrogens is 364 g/mol. The van der Waals surface area contributed by atoms with Gasteiger partial charge in [0.2, 0.25) is 0 Å². The smallest absolute Gasteiger partial charge is 0.303 e. The second-order valence-corrected chi connectivity index (χ2v) is 9.17. The van der Waals surface area contributed by atoms with Gasteiger partial charge in [-0.15, -0.1) is 0 Å². The Labute approximate surface area is 174 Å². The molecule has 0 amide bonds. The number of carbonyl (C=O) groups is 3. The number of hydrogen-bond donors (Lipinski definition) is 1. The van der Waals surface area contributed by atoms with Gasteiger partial charge in [0.25, 0.3) is 0 Å². The Morgan fingerprint density at radius 2 is 1.72 bits per heavy atom. The summed E-state index contributed by atoms with van der Waals surface area (Å²) in [6.07, 6.45) is 9.48. The average Bonchev–Trinajstić information content (AvgIpc) is 3.01. The molecule has 2 atom stereocenters. The average molecular weight is 399 g/mol. The maximum Gasteiger partial charge on any atom is 0.303 e. The van der Waals surface area contributed by atoms with Crippen molar-refractivity contribution in [2.45, 2.75) is 77.6 Å². The second-order valence-electron chi connectivity index (χ2n) is 9.17. The molecule has 0 aromatic heterocycles. The van der Waals surface area contributed by atoms with E-state index in [1.807, 2.05) is 30.3 Å². The standard InChI is InChI=1S/C25H34O4/c1-25(2,3)20-14-10-19(11-15-20)22(26)16-12-18-13-17-23(27)21(18)8-6-4-5-7-9-24(28)29/h10-12,14-16,18,21H,4-9,13,17H2,1-3H3,(H,28,29)/t18-,21+/m1/s1. The summed E-state index contributed by atoms with van der Waals surface area (Å²) in [7, 11) is 0. The highest BCUT2D eigenvalue weighted by molar-refractivity contribution is 6.04. The van der Waals surface area contributed by atoms with Crippen LogP contribution in [0.4, 0.5) is 0 Å². The molecule has 0 bridgehead atoms. The first-order chi connectivity index (χ1) is 13.7. The molecule has 4 heteroatoms. The highest BCUT2D eigenvalue weighted by atomic mass is 16.4. The minimum Gasteiger partial charge on any atom is -0.481 e. The second kappa shape index (κ2) is 10.5. The summed E-state index contributed by atoms with van der Waals surface area (Å²) < 4.78 is 0. The molecule has 1 fully saturated rings. The molecule has 2 rings (SSSR count). The number of hydrogen-bond acceptors (Lipinski definition) is 3. The van der Waals surface area contributed by atoms with Gasteiger partial charge in [-0.2, -0.15) is 0 Å². The Bertz CT molecular complexity index is 737. The van der Waals surface area contributed by atoms with E-state index in [-0.39, 0.29) is 29.5 Å². The largest absolute Gasteiger partial charge is 0.481 e. The van der Waals surface area contributed by atoms with Crippen LogP contribution in [0.3, 0.4) is 0 Å². The van der Waals surface area contributed by atoms with Crippen molar-refractivity contribution in [1.29, 1.82) is 0 Å². The topological polar surface area (TPSA) is 71.4 Å². The van der Waals surface area contributed by atoms with E-state index in [1.54, 1.807) is 6.08 Å². The third-order valence-corrected chi connectivity index (χ3v) is 5.84. The highest BCUT2D eigenvalue weighted by Crippen LogP contribution is 2.34. The summed E-state index contributed by atoms with van der Waals surface area (Å²) in [4.78, 5) is 35.3. The zero-order chi connectivity index (χ0) is 21.4. The number of aliphatic carboxylic acids is 1. The number of carboxylic acid groups (broad SMARTS) is 1. The molecule has 4 nitrogen and oxygen atoms in total. The van der Waals surface area contributed by atoms with Crippen molar-refractivity contribution in [3.8, 4) is 0 Å². The van der Waals surface area contributed by atoms with Crippen molar-refractivity contribution in [1.82, 2.24) is 0 Å². The fourth-order valence-corrected chi connectivity index (χ4v) is 3.98. The highest BCUT2D eigenvalue weighted by Gasteiger charge is 2.32. The first kappa shape index (κ1) is 23.1. The number of carbonyl (C=O) groups excluding carboxylic acids is 2. The molecule has 1 aliphatic rings. The van der Waals surface area contributed by atoms with Gasteiger partial charge in [0.15, 0.2) is 5.78 Å². The molecule has 1 aliphatic carbocycles. The zero-order valence-electron chi connectivity index (χ0n) is 17.9. The van der Waals surface area contributed by atoms with E-state index in [0.717, 1.165) is 32.1 Å². The number of unbranched alkanes of at least 4 members (excludes halogenated alkanes) is 3. The van der Waals surface area contributed by atoms with E-state index in [1.165, 1.54) is 5.56 Å². The molecule has 0 heterocycles. The van der Waals surface area contributed by atoms with Crippen molar-refractivity contribution in [2.75, 3.05) is 0 Å². The lowest BCUT2D eigenvalue weighted by Gasteiger charge is -2.18. The van der Waals surface area contributed by atoms with Crippen molar-refractivity contribution in [3.05, 3.63) is 47.5 Å². The molecule has 158 valence electrons. The maximum atomic E-state index is 12.5. The number of Topliss-reactive ketones (excluding diaryl/α,β-unsaturated/α-hetero) is 1. The number of benzene rings is 1. The van der Waals surface area contributed by atoms with Crippen LogP contribution in [0.2, 0.25) is 0 Å². The Kier molecular flexibility index (Phi) is 8.36. The van der Waals surface area contributed by atoms with Gasteiger partial charge in [-0.05, 0) is 42.2 Å². The van der Waals surface area contributed by atoms with Crippen molar-refractivity contribution < 1.29 is 19.5 Å². The van der Waals surface area contributed by atoms with Gasteiger partial charge < -0.3 is 5.11 Å². The molecule has 1 aromatic carbocycles. The molecule has 0 radical (unpaired) electrons. The van der Waals surface area contributed by atoms with Crippen molar-refractivity contribution in [3.63, 3.8) is 0 Å². The van der Waals surface area contributed by atoms with E-state index >= 15 is 0 Å². The summed E-state index contributed by atoms with van der Waals surface area (Å²) in [6.45, 7) is 6.44. The van der Waals surface area contributed by atoms with Crippen LogP contribution in [0.1, 0.15) is 88.1 Å². The van der Waals surface area contributed by atoms with Crippen LogP contribution < -0.4 is 0 Å². The molecule has 0 spiro atoms. The van der Waals surface area contributed by atoms with Gasteiger partial charge in [-0.1, -0.05) is 70.4 Å². The zero-order valence-corrected chi connectivity index (χ0v) is 17.9. The van der Waals surface area contributed by atoms with Gasteiger partial charge in [0.1, 0.15) is 5.78 Å². The van der Waals surface area contributed by atoms with Gasteiger partial charge in [-0.25, -0.2) is 0 Å². The lowest BCUT2D eigenvalue weighted by atomic mass is 9.86. The molecular formula is C25H34O4. The van der Waals surface area contributed by atoms with Crippen LogP contribution in [0, 0.1) is 11.8 Å². The predicted molar refractivity (Wildman–Crippen MR) is 115 cm³/mol. The van der Waals surface area contributed by atoms with Crippen LogP contribution in [-0.2, 0) is 15.0 Å². The first-order valence-electron chi connectivity index (χ1n) is 10.8. The third kappa shape index (κ3) is 7.26. The molecule has 1 saturated carbocycles. The van der Waals surface area contributed by atoms with Crippen molar-refractivity contribution >= 4 is 17.5 Å². The van der Waals surface area contributed by atoms with E-state index in [2.05, 4.69) is 20.8 Å². The molecule has 1 aromatic rings. The Morgan fingerprint density at radius 3 is 2.34 bits per heavy atom. The Balaban J connectivity index is 1.86. The third-order valence-electron chi connectivity index (χ3n) is 5.84. The normalized spacial score (nSPS) is 19.8. The molecule has 1 N–H and O–H groups in total. The minimum atomic E-state index is -0.751. The van der Waals surface area contributed by atoms with Crippen molar-refractivity contribution in [2.24, 2.45) is 11.8 Å². The molecule has 0 saturated heterocycles. The fourth-order valence-electron chi connectivity index (χ4n) is 3.98. The number of rotatable bonds is 10. The van der Waals surface area contributed by atoms with Crippen LogP contribution in [0.15, 0.2) is 36.4 Å². The summed E-state index contributed by atoms with van der Waals surface area (Å²) >= 11 is 0. The quantitative estimate of drug-likeness (QED) is 0.310. The Morgan fingerprint density at radius 1 is 1.07 bits per heavy atom. The molecule has 0 aliphatic heterocycles. The van der Waals surface area contributed by atoms with Crippen LogP contribution in [-0.4, -0.2) is 22.6 Å². The molecule has 29 heavy (non-hydrogen) atoms. The van der Waals surface area contributed by atoms with E-state index in [4.69, 9.17) is 5.11 Å². The van der Waals surface area contributed by atoms with Crippen LogP contribution in [0.25, 0.3) is 0 Å². The first-order valence-corrected chi connectivity index (χ1v) is 10.8. The number of ketones is 2. The van der Waals surface area contributed by atoms with Gasteiger partial charge in [0.05, 0.1) is 0 Å². The summed E-state index contributed by atoms with van der Waals surface area (Å²) in [5.74, 6) is -0.329. The number of carboxylic acids is 1. The van der Waals surface area contributed by atoms with Gasteiger partial charge in [-0.3, -0.25) is 14.4 Å². The summed E-state index contributed by atoms with van der Waals surface area (Å²) in [6, 6.07) is 7.77. The summed E-state index contributed by atoms with van der Waals surface area (Å²) in [5, 5.41) is 8.67. The number of allylic oxidation sites excluding steroid dienone is 2. The SMILES string of the molecule is CC(C)(C)c1ccc(C(=O)C=C[C@@H]2CCC(=O)[C@H]2CCCCCCC(=O)O)cc1. The lowest BCUT2D eigenvalue weighted by Crippen LogP contribution is -2.13. The Hall–Kier alpha value is -2.23.